The molecule has 13 N–H and O–H groups in total. The maximum Gasteiger partial charge on any atom is 0.322 e. The lowest BCUT2D eigenvalue weighted by Gasteiger charge is -2.12. The van der Waals surface area contributed by atoms with Gasteiger partial charge >= 0.3 is 6.01 Å². The second-order valence-electron chi connectivity index (χ2n) is 23.4. The Morgan fingerprint density at radius 1 is 0.316 bits per heavy atom. The number of ether oxygens (including phenoxy) is 4. The molecule has 582 valence electrons. The highest BCUT2D eigenvalue weighted by Crippen LogP contribution is 2.24. The van der Waals surface area contributed by atoms with Crippen LogP contribution in [0.4, 0.5) is 64.6 Å². The van der Waals surface area contributed by atoms with Gasteiger partial charge in [-0.3, -0.25) is 49.0 Å². The molecule has 0 spiro atoms. The molecule has 5 heterocycles. The van der Waals surface area contributed by atoms with Crippen LogP contribution in [0.25, 0.3) is 0 Å². The smallest absolute Gasteiger partial charge is 0.322 e. The van der Waals surface area contributed by atoms with Crippen molar-refractivity contribution < 1.29 is 57.3 Å². The number of rotatable bonds is 27. The van der Waals surface area contributed by atoms with Crippen LogP contribution < -0.4 is 78.3 Å². The van der Waals surface area contributed by atoms with E-state index in [1.807, 2.05) is 105 Å². The Balaban J connectivity index is 0.000000183. The number of carbonyl (C=O) groups excluding carboxylic acids is 8. The third-order valence-corrected chi connectivity index (χ3v) is 14.6. The minimum atomic E-state index is -0.354. The maximum absolute atomic E-state index is 12.6. The van der Waals surface area contributed by atoms with Gasteiger partial charge in [-0.15, -0.1) is 0 Å². The first kappa shape index (κ1) is 84.0. The molecule has 0 aliphatic rings. The van der Waals surface area contributed by atoms with Crippen molar-refractivity contribution in [2.45, 2.75) is 46.1 Å². The number of anilines is 11. The van der Waals surface area contributed by atoms with Gasteiger partial charge in [0.25, 0.3) is 35.4 Å². The zero-order chi connectivity index (χ0) is 81.1. The van der Waals surface area contributed by atoms with Crippen LogP contribution in [0.1, 0.15) is 86.5 Å². The molecule has 0 atom stereocenters. The SMILES string of the molecule is CCCC(=O)Nc1cccc(NC(=O)CCC)n1.CNc1nc(N)nc(NC(=O)c2ccccc2)n1.COc1nc(N)nc(NC(=O)c2ccccc2)n1.O=C(COc1ccccc1)Nc1cccc(NC(=O)COc2ccccc2)n1.O=C(Nc1cc(OCc2ccccc2)cc(NC(=O)c2ccccc2)n1)c1ccccc1. The summed E-state index contributed by atoms with van der Waals surface area (Å²) in [6, 6.07) is 76.3. The summed E-state index contributed by atoms with van der Waals surface area (Å²) in [5.41, 5.74) is 14.0. The number of benzene rings is 7. The molecule has 12 rings (SSSR count). The molecular formula is C82H82N20O12. The number of nitrogens with zero attached hydrogens (tertiary/aromatic N) is 9. The molecule has 12 aromatic rings. The van der Waals surface area contributed by atoms with Crippen LogP contribution in [0.2, 0.25) is 0 Å². The van der Waals surface area contributed by atoms with Gasteiger partial charge in [0.05, 0.1) is 7.11 Å². The van der Waals surface area contributed by atoms with E-state index in [9.17, 15) is 38.4 Å². The predicted octanol–water partition coefficient (Wildman–Crippen LogP) is 12.3. The van der Waals surface area contributed by atoms with Gasteiger partial charge in [0.2, 0.25) is 41.6 Å². The summed E-state index contributed by atoms with van der Waals surface area (Å²) in [5.74, 6) is 2.14. The number of methoxy groups -OCH3 is 1. The lowest BCUT2D eigenvalue weighted by atomic mass is 10.2. The molecule has 114 heavy (non-hydrogen) atoms. The fourth-order valence-electron chi connectivity index (χ4n) is 9.32. The molecule has 32 heteroatoms. The minimum Gasteiger partial charge on any atom is -0.489 e. The molecule has 8 amide bonds. The molecular weight excluding hydrogens is 1460 g/mol. The molecule has 0 fully saturated rings. The van der Waals surface area contributed by atoms with Crippen LogP contribution in [0.15, 0.2) is 261 Å². The van der Waals surface area contributed by atoms with Crippen LogP contribution in [0.3, 0.4) is 0 Å². The van der Waals surface area contributed by atoms with Gasteiger partial charge in [-0.2, -0.15) is 29.9 Å². The number of aromatic nitrogens is 9. The molecule has 0 unspecified atom stereocenters. The van der Waals surface area contributed by atoms with Crippen molar-refractivity contribution in [3.05, 3.63) is 289 Å². The number of hydrogen-bond acceptors (Lipinski definition) is 24. The van der Waals surface area contributed by atoms with Crippen molar-refractivity contribution in [2.75, 3.05) is 86.7 Å². The number of hydrogen-bond donors (Lipinski definition) is 11. The van der Waals surface area contributed by atoms with E-state index in [1.165, 1.54) is 7.11 Å². The van der Waals surface area contributed by atoms with Crippen molar-refractivity contribution in [1.82, 2.24) is 44.9 Å². The fourth-order valence-corrected chi connectivity index (χ4v) is 9.32. The summed E-state index contributed by atoms with van der Waals surface area (Å²) in [7, 11) is 3.05. The average Bonchev–Trinajstić information content (AvgIpc) is 0.840. The number of carbonyl (C=O) groups is 8. The quantitative estimate of drug-likeness (QED) is 0.0228. The number of nitrogens with two attached hydrogens (primary N) is 2. The van der Waals surface area contributed by atoms with Gasteiger partial charge in [0, 0.05) is 54.3 Å². The molecule has 0 aliphatic carbocycles. The zero-order valence-corrected chi connectivity index (χ0v) is 62.4. The Morgan fingerprint density at radius 3 is 1.01 bits per heavy atom. The van der Waals surface area contributed by atoms with Crippen molar-refractivity contribution in [3.63, 3.8) is 0 Å². The van der Waals surface area contributed by atoms with Crippen LogP contribution in [-0.4, -0.2) is 119 Å². The van der Waals surface area contributed by atoms with Crippen LogP contribution >= 0.6 is 0 Å². The average molecular weight is 1540 g/mol. The normalized spacial score (nSPS) is 10.0. The van der Waals surface area contributed by atoms with Gasteiger partial charge in [0.15, 0.2) is 13.2 Å². The summed E-state index contributed by atoms with van der Waals surface area (Å²) in [6.07, 6.45) is 2.51. The number of pyridine rings is 3. The van der Waals surface area contributed by atoms with Crippen LogP contribution in [-0.2, 0) is 25.8 Å². The highest BCUT2D eigenvalue weighted by Gasteiger charge is 2.16. The number of nitrogens with one attached hydrogen (secondary N) is 9. The first-order valence-electron chi connectivity index (χ1n) is 35.3. The van der Waals surface area contributed by atoms with E-state index in [-0.39, 0.29) is 102 Å². The fraction of sp³-hybridized carbons (Fsp3) is 0.134. The van der Waals surface area contributed by atoms with Crippen molar-refractivity contribution in [2.24, 2.45) is 0 Å². The molecule has 5 aromatic heterocycles. The highest BCUT2D eigenvalue weighted by atomic mass is 16.5. The van der Waals surface area contributed by atoms with Gasteiger partial charge in [-0.05, 0) is 115 Å². The highest BCUT2D eigenvalue weighted by molar-refractivity contribution is 6.06. The predicted molar refractivity (Wildman–Crippen MR) is 434 cm³/mol. The summed E-state index contributed by atoms with van der Waals surface area (Å²) in [6.45, 7) is 3.92. The summed E-state index contributed by atoms with van der Waals surface area (Å²) in [4.78, 5) is 131. The van der Waals surface area contributed by atoms with Crippen molar-refractivity contribution in [1.29, 1.82) is 0 Å². The molecule has 0 saturated carbocycles. The summed E-state index contributed by atoms with van der Waals surface area (Å²) < 4.78 is 21.5. The second kappa shape index (κ2) is 45.9. The summed E-state index contributed by atoms with van der Waals surface area (Å²) >= 11 is 0. The third-order valence-electron chi connectivity index (χ3n) is 14.6. The van der Waals surface area contributed by atoms with E-state index >= 15 is 0 Å². The van der Waals surface area contributed by atoms with Crippen LogP contribution in [0.5, 0.6) is 23.3 Å². The monoisotopic (exact) mass is 1540 g/mol. The zero-order valence-electron chi connectivity index (χ0n) is 62.4. The Kier molecular flexibility index (Phi) is 33.8. The van der Waals surface area contributed by atoms with E-state index in [0.29, 0.717) is 88.2 Å². The van der Waals surface area contributed by atoms with E-state index < -0.39 is 0 Å². The maximum atomic E-state index is 12.6. The number of amides is 8. The molecule has 7 aromatic carbocycles. The van der Waals surface area contributed by atoms with Crippen LogP contribution in [0, 0.1) is 0 Å². The van der Waals surface area contributed by atoms with Crippen molar-refractivity contribution in [3.8, 4) is 23.3 Å². The van der Waals surface area contributed by atoms with Gasteiger partial charge in [0.1, 0.15) is 58.8 Å². The first-order valence-corrected chi connectivity index (χ1v) is 35.3. The van der Waals surface area contributed by atoms with E-state index in [2.05, 4.69) is 92.7 Å². The molecule has 0 saturated heterocycles. The molecule has 0 bridgehead atoms. The Hall–Kier alpha value is -15.6. The standard InChI is InChI=1S/C26H21N3O3.C21H19N3O4.C13H19N3O2.C11H12N6O.C11H11N5O2/c30-25(20-12-6-2-7-13-20)28-23-16-22(32-18-19-10-4-1-5-11-19)17-24(27-23)29-26(31)21-14-8-3-9-15-21;25-20(14-27-16-8-3-1-4-9-16)23-18-12-7-13-19(22-18)24-21(26)15-28-17-10-5-2-6-11-17;1-3-6-12(17)15-10-8-5-9-11(14-10)16-13(18)7-4-2;1-13-10-15-9(12)16-11(17-10)14-8(18)7-5-3-2-4-6-7;1-18-11-15-9(12)14-10(16-11)13-8(17)7-5-3-2-4-6-7/h1-17H,18H2,(H2,27,28,29,30,31);1-13H,14-15H2,(H2,22,23,24,25,26);5,8-9H,3-4,6-7H2,1-2H3,(H2,14,15,16,17,18);2-6H,1H3,(H4,12,13,14,15,16,17,18);2-6H,1H3,(H3,12,13,14,15,16,17). The number of para-hydroxylation sites is 2. The van der Waals surface area contributed by atoms with E-state index in [4.69, 9.17) is 30.4 Å². The van der Waals surface area contributed by atoms with E-state index in [0.717, 1.165) is 18.4 Å². The molecule has 32 nitrogen and oxygen atoms in total. The summed E-state index contributed by atoms with van der Waals surface area (Å²) in [5, 5.41) is 24.0. The largest absolute Gasteiger partial charge is 0.489 e. The van der Waals surface area contributed by atoms with Crippen molar-refractivity contribution >= 4 is 112 Å². The minimum absolute atomic E-state index is 0.0230. The Labute approximate surface area is 655 Å². The molecule has 0 radical (unpaired) electrons. The lowest BCUT2D eigenvalue weighted by Crippen LogP contribution is -2.22. The van der Waals surface area contributed by atoms with Gasteiger partial charge < -0.3 is 67.6 Å². The number of nitrogen functional groups attached to an aromatic ring is 2. The Bertz CT molecular complexity index is 4790. The van der Waals surface area contributed by atoms with Gasteiger partial charge in [-0.1, -0.05) is 166 Å². The second-order valence-corrected chi connectivity index (χ2v) is 23.4. The molecule has 0 aliphatic heterocycles. The topological polar surface area (TPSA) is 450 Å². The van der Waals surface area contributed by atoms with E-state index in [1.54, 1.807) is 177 Å². The first-order chi connectivity index (χ1) is 55.4. The van der Waals surface area contributed by atoms with Gasteiger partial charge in [-0.25, -0.2) is 15.0 Å². The Morgan fingerprint density at radius 2 is 0.640 bits per heavy atom. The third kappa shape index (κ3) is 30.6. The lowest BCUT2D eigenvalue weighted by molar-refractivity contribution is -0.118.